The minimum Gasteiger partial charge on any atom is -0.484 e. The molecule has 0 bridgehead atoms. The van der Waals surface area contributed by atoms with Gasteiger partial charge in [-0.2, -0.15) is 0 Å². The van der Waals surface area contributed by atoms with Crippen LogP contribution < -0.4 is 10.1 Å². The fourth-order valence-electron chi connectivity index (χ4n) is 4.03. The molecule has 0 saturated heterocycles. The van der Waals surface area contributed by atoms with Crippen molar-refractivity contribution in [2.45, 2.75) is 58.5 Å². The summed E-state index contributed by atoms with van der Waals surface area (Å²) in [6.45, 7) is 8.85. The Bertz CT molecular complexity index is 1210. The van der Waals surface area contributed by atoms with Crippen LogP contribution in [0.25, 0.3) is 0 Å². The van der Waals surface area contributed by atoms with E-state index >= 15 is 0 Å². The van der Waals surface area contributed by atoms with Gasteiger partial charge in [0.25, 0.3) is 5.91 Å². The van der Waals surface area contributed by atoms with Gasteiger partial charge in [-0.1, -0.05) is 99.4 Å². The smallest absolute Gasteiger partial charge is 0.261 e. The van der Waals surface area contributed by atoms with Crippen molar-refractivity contribution in [2.75, 3.05) is 13.2 Å². The van der Waals surface area contributed by atoms with Crippen LogP contribution in [0, 0.1) is 0 Å². The summed E-state index contributed by atoms with van der Waals surface area (Å²) >= 11 is 12.6. The third-order valence-corrected chi connectivity index (χ3v) is 6.85. The van der Waals surface area contributed by atoms with Crippen LogP contribution >= 0.6 is 23.2 Å². The molecule has 3 rings (SSSR count). The number of amides is 2. The molecule has 7 heteroatoms. The van der Waals surface area contributed by atoms with Crippen LogP contribution in [0.5, 0.6) is 5.75 Å². The Hall–Kier alpha value is -3.02. The first-order chi connectivity index (χ1) is 18.1. The maximum atomic E-state index is 13.7. The zero-order valence-electron chi connectivity index (χ0n) is 22.5. The normalized spacial score (nSPS) is 12.1. The van der Waals surface area contributed by atoms with E-state index in [1.807, 2.05) is 61.5 Å². The molecule has 0 fully saturated rings. The number of benzene rings is 3. The predicted molar refractivity (Wildman–Crippen MR) is 155 cm³/mol. The van der Waals surface area contributed by atoms with Gasteiger partial charge in [-0.3, -0.25) is 9.59 Å². The van der Waals surface area contributed by atoms with Crippen molar-refractivity contribution in [1.82, 2.24) is 10.2 Å². The summed E-state index contributed by atoms with van der Waals surface area (Å²) in [4.78, 5) is 28.6. The lowest BCUT2D eigenvalue weighted by molar-refractivity contribution is -0.142. The lowest BCUT2D eigenvalue weighted by Gasteiger charge is -2.31. The Balaban J connectivity index is 1.89. The highest BCUT2D eigenvalue weighted by atomic mass is 35.5. The van der Waals surface area contributed by atoms with Crippen LogP contribution in [-0.2, 0) is 28.0 Å². The van der Waals surface area contributed by atoms with Crippen LogP contribution in [0.2, 0.25) is 10.0 Å². The number of rotatable bonds is 11. The van der Waals surface area contributed by atoms with Gasteiger partial charge in [0.1, 0.15) is 11.8 Å². The van der Waals surface area contributed by atoms with E-state index in [0.717, 1.165) is 12.0 Å². The van der Waals surface area contributed by atoms with E-state index < -0.39 is 6.04 Å². The molecule has 3 aromatic rings. The molecule has 0 heterocycles. The molecule has 1 N–H and O–H groups in total. The van der Waals surface area contributed by atoms with E-state index in [1.54, 1.807) is 23.1 Å². The summed E-state index contributed by atoms with van der Waals surface area (Å²) < 4.78 is 5.89. The van der Waals surface area contributed by atoms with Gasteiger partial charge < -0.3 is 15.0 Å². The van der Waals surface area contributed by atoms with Crippen molar-refractivity contribution in [1.29, 1.82) is 0 Å². The van der Waals surface area contributed by atoms with Crippen LogP contribution in [0.4, 0.5) is 0 Å². The topological polar surface area (TPSA) is 58.6 Å². The molecule has 0 unspecified atom stereocenters. The highest BCUT2D eigenvalue weighted by Crippen LogP contribution is 2.26. The molecule has 0 spiro atoms. The Morgan fingerprint density at radius 2 is 1.66 bits per heavy atom. The first-order valence-electron chi connectivity index (χ1n) is 12.9. The maximum Gasteiger partial charge on any atom is 0.261 e. The van der Waals surface area contributed by atoms with Gasteiger partial charge in [0, 0.05) is 29.6 Å². The van der Waals surface area contributed by atoms with Crippen molar-refractivity contribution in [3.63, 3.8) is 0 Å². The fourth-order valence-corrected chi connectivity index (χ4v) is 4.50. The lowest BCUT2D eigenvalue weighted by atomic mass is 9.87. The third-order valence-electron chi connectivity index (χ3n) is 6.26. The highest BCUT2D eigenvalue weighted by molar-refractivity contribution is 6.35. The highest BCUT2D eigenvalue weighted by Gasteiger charge is 2.31. The van der Waals surface area contributed by atoms with E-state index in [1.165, 1.54) is 5.56 Å². The Kier molecular flexibility index (Phi) is 10.6. The molecule has 0 aliphatic rings. The van der Waals surface area contributed by atoms with Crippen molar-refractivity contribution in [3.8, 4) is 5.75 Å². The van der Waals surface area contributed by atoms with Crippen LogP contribution in [0.15, 0.2) is 72.8 Å². The molecule has 0 aliphatic heterocycles. The zero-order chi connectivity index (χ0) is 27.7. The molecule has 3 aromatic carbocycles. The molecular formula is C31H36Cl2N2O3. The minimum atomic E-state index is -0.755. The molecule has 0 aliphatic carbocycles. The Morgan fingerprint density at radius 1 is 0.974 bits per heavy atom. The third kappa shape index (κ3) is 8.50. The second kappa shape index (κ2) is 13.7. The number of hydrogen-bond acceptors (Lipinski definition) is 3. The largest absolute Gasteiger partial charge is 0.484 e. The van der Waals surface area contributed by atoms with Crippen molar-refractivity contribution < 1.29 is 14.3 Å². The van der Waals surface area contributed by atoms with E-state index in [2.05, 4.69) is 26.1 Å². The van der Waals surface area contributed by atoms with Gasteiger partial charge in [-0.15, -0.1) is 0 Å². The Morgan fingerprint density at radius 3 is 2.26 bits per heavy atom. The molecular weight excluding hydrogens is 519 g/mol. The lowest BCUT2D eigenvalue weighted by Crippen LogP contribution is -2.51. The number of nitrogens with one attached hydrogen (secondary N) is 1. The Labute approximate surface area is 236 Å². The first-order valence-corrected chi connectivity index (χ1v) is 13.6. The predicted octanol–water partition coefficient (Wildman–Crippen LogP) is 6.84. The van der Waals surface area contributed by atoms with Gasteiger partial charge in [-0.25, -0.2) is 0 Å². The summed E-state index contributed by atoms with van der Waals surface area (Å²) in [5.74, 6) is 0.0537. The molecule has 0 radical (unpaired) electrons. The second-order valence-corrected chi connectivity index (χ2v) is 11.2. The second-order valence-electron chi connectivity index (χ2n) is 10.3. The zero-order valence-corrected chi connectivity index (χ0v) is 24.0. The monoisotopic (exact) mass is 554 g/mol. The van der Waals surface area contributed by atoms with Gasteiger partial charge in [0.05, 0.1) is 0 Å². The van der Waals surface area contributed by atoms with Crippen molar-refractivity contribution in [3.05, 3.63) is 99.5 Å². The summed E-state index contributed by atoms with van der Waals surface area (Å²) in [6.07, 6.45) is 1.14. The van der Waals surface area contributed by atoms with E-state index in [9.17, 15) is 9.59 Å². The first kappa shape index (κ1) is 29.5. The number of ether oxygens (including phenoxy) is 1. The van der Waals surface area contributed by atoms with Gasteiger partial charge >= 0.3 is 0 Å². The molecule has 1 atom stereocenters. The quantitative estimate of drug-likeness (QED) is 0.282. The SMILES string of the molecule is CCCNC(=O)[C@H](Cc1ccccc1)N(Cc1ccc(Cl)cc1Cl)C(=O)COc1ccc(C(C)(C)C)cc1. The summed E-state index contributed by atoms with van der Waals surface area (Å²) in [6, 6.07) is 21.8. The minimum absolute atomic E-state index is 0.0134. The van der Waals surface area contributed by atoms with Crippen LogP contribution in [0.3, 0.4) is 0 Å². The summed E-state index contributed by atoms with van der Waals surface area (Å²) in [5.41, 5.74) is 2.83. The number of halogens is 2. The van der Waals surface area contributed by atoms with Gasteiger partial charge in [0.2, 0.25) is 5.91 Å². The van der Waals surface area contributed by atoms with Gasteiger partial charge in [0.15, 0.2) is 6.61 Å². The van der Waals surface area contributed by atoms with Crippen LogP contribution in [-0.4, -0.2) is 35.9 Å². The number of hydrogen-bond donors (Lipinski definition) is 1. The van der Waals surface area contributed by atoms with Crippen LogP contribution in [0.1, 0.15) is 50.8 Å². The molecule has 5 nitrogen and oxygen atoms in total. The number of carbonyl (C=O) groups is 2. The molecule has 0 saturated carbocycles. The number of carbonyl (C=O) groups excluding carboxylic acids is 2. The molecule has 202 valence electrons. The van der Waals surface area contributed by atoms with E-state index in [0.29, 0.717) is 34.3 Å². The van der Waals surface area contributed by atoms with Crippen molar-refractivity contribution in [2.24, 2.45) is 0 Å². The fraction of sp³-hybridized carbons (Fsp3) is 0.355. The molecule has 38 heavy (non-hydrogen) atoms. The standard InChI is InChI=1S/C31H36Cl2N2O3/c1-5-17-34-30(37)28(18-22-9-7-6-8-10-22)35(20-23-11-14-25(32)19-27(23)33)29(36)21-38-26-15-12-24(13-16-26)31(2,3)4/h6-16,19,28H,5,17-18,20-21H2,1-4H3,(H,34,37)/t28-/m0/s1. The number of nitrogens with zero attached hydrogens (tertiary/aromatic N) is 1. The molecule has 0 aromatic heterocycles. The summed E-state index contributed by atoms with van der Waals surface area (Å²) in [5, 5.41) is 3.90. The molecule has 2 amide bonds. The van der Waals surface area contributed by atoms with E-state index in [4.69, 9.17) is 27.9 Å². The maximum absolute atomic E-state index is 13.7. The van der Waals surface area contributed by atoms with Gasteiger partial charge in [-0.05, 0) is 52.8 Å². The summed E-state index contributed by atoms with van der Waals surface area (Å²) in [7, 11) is 0. The average molecular weight is 556 g/mol. The van der Waals surface area contributed by atoms with Crippen molar-refractivity contribution >= 4 is 35.0 Å². The van der Waals surface area contributed by atoms with E-state index in [-0.39, 0.29) is 30.4 Å². The average Bonchev–Trinajstić information content (AvgIpc) is 2.89.